The summed E-state index contributed by atoms with van der Waals surface area (Å²) in [6, 6.07) is 8.97. The van der Waals surface area contributed by atoms with Crippen LogP contribution in [0.2, 0.25) is 0 Å². The lowest BCUT2D eigenvalue weighted by atomic mass is 10.2. The van der Waals surface area contributed by atoms with Gasteiger partial charge in [0.05, 0.1) is 0 Å². The van der Waals surface area contributed by atoms with Gasteiger partial charge in [-0.1, -0.05) is 30.3 Å². The molecule has 20 heavy (non-hydrogen) atoms. The van der Waals surface area contributed by atoms with E-state index in [1.165, 1.54) is 17.1 Å². The number of sulfone groups is 1. The number of hydrogen-bond donors (Lipinski definition) is 0. The maximum atomic E-state index is 11.6. The molecule has 0 spiro atoms. The second-order valence-electron chi connectivity index (χ2n) is 4.32. The molecule has 0 fully saturated rings. The van der Waals surface area contributed by atoms with Crippen LogP contribution in [0.3, 0.4) is 0 Å². The topological polar surface area (TPSA) is 63.7 Å². The first-order valence-electron chi connectivity index (χ1n) is 5.82. The SMILES string of the molecule is CN(C)C(=O)O/C(=C\C=C\S(C)(=O)=O)c1ccccc1. The second-order valence-corrected chi connectivity index (χ2v) is 6.25. The van der Waals surface area contributed by atoms with Gasteiger partial charge in [0.1, 0.15) is 5.76 Å². The van der Waals surface area contributed by atoms with Gasteiger partial charge in [0, 0.05) is 31.3 Å². The third kappa shape index (κ3) is 5.71. The molecule has 0 bridgehead atoms. The Morgan fingerprint density at radius 1 is 1.20 bits per heavy atom. The predicted octanol–water partition coefficient (Wildman–Crippen LogP) is 2.28. The Hall–Kier alpha value is -2.08. The highest BCUT2D eigenvalue weighted by Crippen LogP contribution is 2.16. The molecule has 5 nitrogen and oxygen atoms in total. The van der Waals surface area contributed by atoms with Gasteiger partial charge in [0.25, 0.3) is 0 Å². The number of hydrogen-bond acceptors (Lipinski definition) is 4. The fraction of sp³-hybridized carbons (Fsp3) is 0.214. The van der Waals surface area contributed by atoms with Crippen LogP contribution in [-0.2, 0) is 14.6 Å². The molecule has 0 N–H and O–H groups in total. The molecule has 0 unspecified atom stereocenters. The molecule has 1 amide bonds. The summed E-state index contributed by atoms with van der Waals surface area (Å²) in [7, 11) is -0.0893. The third-order valence-corrected chi connectivity index (χ3v) is 2.85. The van der Waals surface area contributed by atoms with Crippen molar-refractivity contribution in [3.63, 3.8) is 0 Å². The monoisotopic (exact) mass is 295 g/mol. The number of ether oxygens (including phenoxy) is 1. The Morgan fingerprint density at radius 3 is 2.30 bits per heavy atom. The summed E-state index contributed by atoms with van der Waals surface area (Å²) in [5, 5.41) is 1.04. The molecule has 0 radical (unpaired) electrons. The van der Waals surface area contributed by atoms with Crippen LogP contribution < -0.4 is 0 Å². The Morgan fingerprint density at radius 2 is 1.80 bits per heavy atom. The van der Waals surface area contributed by atoms with E-state index in [2.05, 4.69) is 0 Å². The normalized spacial score (nSPS) is 12.4. The molecule has 0 aliphatic heterocycles. The first-order valence-corrected chi connectivity index (χ1v) is 7.78. The molecule has 0 aromatic heterocycles. The van der Waals surface area contributed by atoms with Crippen LogP contribution in [0.5, 0.6) is 0 Å². The summed E-state index contributed by atoms with van der Waals surface area (Å²) in [5.41, 5.74) is 0.681. The van der Waals surface area contributed by atoms with Gasteiger partial charge in [-0.25, -0.2) is 13.2 Å². The fourth-order valence-electron chi connectivity index (χ4n) is 1.25. The Kier molecular flexibility index (Phi) is 5.52. The highest BCUT2D eigenvalue weighted by Gasteiger charge is 2.10. The van der Waals surface area contributed by atoms with Gasteiger partial charge in [-0.2, -0.15) is 0 Å². The zero-order valence-electron chi connectivity index (χ0n) is 11.6. The summed E-state index contributed by atoms with van der Waals surface area (Å²) in [6.07, 6.45) is 3.33. The van der Waals surface area contributed by atoms with E-state index in [0.29, 0.717) is 5.56 Å². The van der Waals surface area contributed by atoms with E-state index < -0.39 is 15.9 Å². The van der Waals surface area contributed by atoms with Crippen molar-refractivity contribution in [1.82, 2.24) is 4.90 Å². The first-order chi connectivity index (χ1) is 9.29. The molecule has 1 aromatic carbocycles. The molecular weight excluding hydrogens is 278 g/mol. The van der Waals surface area contributed by atoms with Crippen molar-refractivity contribution in [2.45, 2.75) is 0 Å². The lowest BCUT2D eigenvalue weighted by Crippen LogP contribution is -2.22. The minimum Gasteiger partial charge on any atom is -0.410 e. The molecule has 1 rings (SSSR count). The van der Waals surface area contributed by atoms with Gasteiger partial charge in [-0.05, 0) is 12.2 Å². The van der Waals surface area contributed by atoms with Crippen molar-refractivity contribution in [3.05, 3.63) is 53.5 Å². The molecule has 0 saturated heterocycles. The van der Waals surface area contributed by atoms with Gasteiger partial charge in [-0.3, -0.25) is 0 Å². The van der Waals surface area contributed by atoms with Crippen LogP contribution in [0, 0.1) is 0 Å². The van der Waals surface area contributed by atoms with Crippen molar-refractivity contribution in [1.29, 1.82) is 0 Å². The first kappa shape index (κ1) is 16.0. The second kappa shape index (κ2) is 6.91. The Balaban J connectivity index is 3.05. The summed E-state index contributed by atoms with van der Waals surface area (Å²) >= 11 is 0. The van der Waals surface area contributed by atoms with Gasteiger partial charge in [0.2, 0.25) is 0 Å². The number of nitrogens with zero attached hydrogens (tertiary/aromatic N) is 1. The van der Waals surface area contributed by atoms with Crippen LogP contribution >= 0.6 is 0 Å². The van der Waals surface area contributed by atoms with Crippen LogP contribution in [0.15, 0.2) is 47.9 Å². The zero-order valence-corrected chi connectivity index (χ0v) is 12.4. The third-order valence-electron chi connectivity index (χ3n) is 2.19. The Labute approximate surface area is 119 Å². The van der Waals surface area contributed by atoms with Crippen LogP contribution in [-0.4, -0.2) is 39.8 Å². The average Bonchev–Trinajstić information content (AvgIpc) is 2.37. The molecule has 0 aliphatic carbocycles. The number of allylic oxidation sites excluding steroid dienone is 2. The van der Waals surface area contributed by atoms with Crippen molar-refractivity contribution >= 4 is 21.7 Å². The molecule has 0 heterocycles. The maximum Gasteiger partial charge on any atom is 0.414 e. The molecule has 6 heteroatoms. The molecule has 108 valence electrons. The summed E-state index contributed by atoms with van der Waals surface area (Å²) in [6.45, 7) is 0. The number of amides is 1. The largest absolute Gasteiger partial charge is 0.414 e. The number of carbonyl (C=O) groups excluding carboxylic acids is 1. The van der Waals surface area contributed by atoms with Gasteiger partial charge < -0.3 is 9.64 Å². The lowest BCUT2D eigenvalue weighted by molar-refractivity contribution is 0.162. The number of carbonyl (C=O) groups is 1. The predicted molar refractivity (Wildman–Crippen MR) is 78.6 cm³/mol. The minimum absolute atomic E-state index is 0.282. The van der Waals surface area contributed by atoms with Crippen LogP contribution in [0.25, 0.3) is 5.76 Å². The van der Waals surface area contributed by atoms with E-state index in [9.17, 15) is 13.2 Å². The summed E-state index contributed by atoms with van der Waals surface area (Å²) in [5.74, 6) is 0.282. The number of benzene rings is 1. The highest BCUT2D eigenvalue weighted by molar-refractivity contribution is 7.93. The van der Waals surface area contributed by atoms with E-state index in [1.807, 2.05) is 6.07 Å². The quantitative estimate of drug-likeness (QED) is 0.631. The smallest absolute Gasteiger partial charge is 0.410 e. The molecule has 1 aromatic rings. The van der Waals surface area contributed by atoms with Gasteiger partial charge >= 0.3 is 6.09 Å². The summed E-state index contributed by atoms with van der Waals surface area (Å²) in [4.78, 5) is 12.9. The molecule has 0 saturated carbocycles. The van der Waals surface area contributed by atoms with E-state index in [4.69, 9.17) is 4.74 Å². The van der Waals surface area contributed by atoms with Crippen molar-refractivity contribution in [3.8, 4) is 0 Å². The average molecular weight is 295 g/mol. The fourth-order valence-corrected chi connectivity index (χ4v) is 1.61. The molecule has 0 atom stereocenters. The zero-order chi connectivity index (χ0) is 15.2. The van der Waals surface area contributed by atoms with Crippen LogP contribution in [0.1, 0.15) is 5.56 Å². The van der Waals surface area contributed by atoms with E-state index >= 15 is 0 Å². The van der Waals surface area contributed by atoms with Crippen molar-refractivity contribution in [2.24, 2.45) is 0 Å². The maximum absolute atomic E-state index is 11.6. The Bertz CT molecular complexity index is 616. The van der Waals surface area contributed by atoms with Crippen LogP contribution in [0.4, 0.5) is 4.79 Å². The van der Waals surface area contributed by atoms with Gasteiger partial charge in [-0.15, -0.1) is 0 Å². The van der Waals surface area contributed by atoms with E-state index in [0.717, 1.165) is 11.7 Å². The summed E-state index contributed by atoms with van der Waals surface area (Å²) < 4.78 is 27.3. The molecule has 0 aliphatic rings. The van der Waals surface area contributed by atoms with Crippen molar-refractivity contribution in [2.75, 3.05) is 20.4 Å². The number of rotatable bonds is 4. The van der Waals surface area contributed by atoms with E-state index in [1.54, 1.807) is 38.4 Å². The van der Waals surface area contributed by atoms with E-state index in [-0.39, 0.29) is 5.76 Å². The standard InChI is InChI=1S/C14H17NO4S/c1-15(2)14(16)19-13(10-7-11-20(3,17)18)12-8-5-4-6-9-12/h4-11H,1-3H3/b11-7+,13-10-. The minimum atomic E-state index is -3.22. The lowest BCUT2D eigenvalue weighted by Gasteiger charge is -2.13. The van der Waals surface area contributed by atoms with Crippen molar-refractivity contribution < 1.29 is 17.9 Å². The molecular formula is C14H17NO4S. The highest BCUT2D eigenvalue weighted by atomic mass is 32.2. The van der Waals surface area contributed by atoms with Gasteiger partial charge in [0.15, 0.2) is 9.84 Å².